The van der Waals surface area contributed by atoms with Crippen LogP contribution in [-0.4, -0.2) is 20.8 Å². The molecule has 56 heavy (non-hydrogen) atoms. The Bertz CT molecular complexity index is 2030. The molecule has 4 aromatic carbocycles. The van der Waals surface area contributed by atoms with Gasteiger partial charge in [0.05, 0.1) is 34.2 Å². The van der Waals surface area contributed by atoms with Crippen molar-refractivity contribution in [3.63, 3.8) is 0 Å². The van der Waals surface area contributed by atoms with Crippen molar-refractivity contribution in [2.75, 3.05) is 0 Å². The van der Waals surface area contributed by atoms with Crippen LogP contribution in [-0.2, 0) is 21.7 Å². The van der Waals surface area contributed by atoms with Gasteiger partial charge in [0, 0.05) is 22.3 Å². The third-order valence-electron chi connectivity index (χ3n) is 10.9. The van der Waals surface area contributed by atoms with Gasteiger partial charge in [-0.25, -0.2) is 9.35 Å². The first-order valence-corrected chi connectivity index (χ1v) is 20.1. The second kappa shape index (κ2) is 15.0. The maximum absolute atomic E-state index is 5.37. The van der Waals surface area contributed by atoms with Crippen LogP contribution in [0.3, 0.4) is 0 Å². The lowest BCUT2D eigenvalue weighted by Crippen LogP contribution is -2.13. The Kier molecular flexibility index (Phi) is 10.9. The summed E-state index contributed by atoms with van der Waals surface area (Å²) < 4.78 is 4.20. The molecule has 0 aliphatic heterocycles. The van der Waals surface area contributed by atoms with E-state index in [9.17, 15) is 0 Å². The number of hydrogen-bond donors (Lipinski definition) is 0. The number of hydrogen-bond acceptors (Lipinski definition) is 2. The van der Waals surface area contributed by atoms with Gasteiger partial charge in [-0.1, -0.05) is 180 Å². The summed E-state index contributed by atoms with van der Waals surface area (Å²) in [6.45, 7) is 31.2. The first-order chi connectivity index (χ1) is 26.1. The Balaban J connectivity index is 1.49. The monoisotopic (exact) mass is 742 g/mol. The molecule has 0 aliphatic rings. The number of nitrogens with zero attached hydrogens (tertiary/aromatic N) is 4. The van der Waals surface area contributed by atoms with Crippen molar-refractivity contribution >= 4 is 11.4 Å². The van der Waals surface area contributed by atoms with Crippen LogP contribution in [0.1, 0.15) is 119 Å². The molecule has 0 radical (unpaired) electrons. The van der Waals surface area contributed by atoms with Crippen LogP contribution in [0, 0.1) is 0 Å². The molecule has 0 bridgehead atoms. The maximum Gasteiger partial charge on any atom is 0.0812 e. The Hall–Kier alpha value is -5.22. The van der Waals surface area contributed by atoms with Crippen LogP contribution in [0.25, 0.3) is 45.0 Å². The van der Waals surface area contributed by atoms with E-state index in [4.69, 9.17) is 10.2 Å². The molecule has 0 unspecified atom stereocenters. The summed E-state index contributed by atoms with van der Waals surface area (Å²) in [5.41, 5.74) is 15.8. The molecule has 4 nitrogen and oxygen atoms in total. The highest BCUT2D eigenvalue weighted by Gasteiger charge is 2.20. The highest BCUT2D eigenvalue weighted by molar-refractivity contribution is 6.40. The van der Waals surface area contributed by atoms with E-state index in [1.54, 1.807) is 0 Å². The van der Waals surface area contributed by atoms with Crippen molar-refractivity contribution in [1.82, 2.24) is 9.35 Å². The van der Waals surface area contributed by atoms with Gasteiger partial charge in [-0.2, -0.15) is 10.2 Å². The van der Waals surface area contributed by atoms with Gasteiger partial charge in [-0.3, -0.25) is 0 Å². The smallest absolute Gasteiger partial charge is 0.0812 e. The van der Waals surface area contributed by atoms with E-state index in [2.05, 4.69) is 228 Å². The van der Waals surface area contributed by atoms with E-state index >= 15 is 0 Å². The molecular formula is C52H62N4. The van der Waals surface area contributed by atoms with E-state index in [-0.39, 0.29) is 21.7 Å². The molecule has 0 aliphatic carbocycles. The Morgan fingerprint density at radius 2 is 0.482 bits per heavy atom. The van der Waals surface area contributed by atoms with Crippen LogP contribution in [0.15, 0.2) is 132 Å². The van der Waals surface area contributed by atoms with Gasteiger partial charge in [0.1, 0.15) is 0 Å². The predicted octanol–water partition coefficient (Wildman–Crippen LogP) is 14.3. The van der Waals surface area contributed by atoms with Crippen LogP contribution in [0.5, 0.6) is 0 Å². The molecule has 290 valence electrons. The largest absolute Gasteiger partial charge is 0.232 e. The van der Waals surface area contributed by atoms with Gasteiger partial charge >= 0.3 is 0 Å². The zero-order valence-electron chi connectivity index (χ0n) is 36.3. The quantitative estimate of drug-likeness (QED) is 0.146. The number of rotatable bonds is 7. The van der Waals surface area contributed by atoms with Crippen molar-refractivity contribution < 1.29 is 0 Å². The second-order valence-electron chi connectivity index (χ2n) is 19.5. The molecule has 0 saturated carbocycles. The molecule has 2 aromatic heterocycles. The molecule has 0 amide bonds. The summed E-state index contributed by atoms with van der Waals surface area (Å²) in [5, 5.41) is 10.7. The van der Waals surface area contributed by atoms with Crippen molar-refractivity contribution in [3.8, 4) is 45.0 Å². The first-order valence-electron chi connectivity index (χ1n) is 20.1. The van der Waals surface area contributed by atoms with E-state index < -0.39 is 0 Å². The molecule has 2 heterocycles. The Morgan fingerprint density at radius 3 is 0.643 bits per heavy atom. The topological polar surface area (TPSA) is 34.6 Å². The van der Waals surface area contributed by atoms with Crippen molar-refractivity contribution in [2.24, 2.45) is 10.2 Å². The van der Waals surface area contributed by atoms with Crippen molar-refractivity contribution in [2.45, 2.75) is 119 Å². The molecule has 0 spiro atoms. The average Bonchev–Trinajstić information content (AvgIpc) is 3.74. The zero-order valence-corrected chi connectivity index (χ0v) is 36.3. The van der Waals surface area contributed by atoms with Crippen LogP contribution in [0.2, 0.25) is 0 Å². The maximum atomic E-state index is 5.37. The molecule has 6 aromatic rings. The second-order valence-corrected chi connectivity index (χ2v) is 19.5. The van der Waals surface area contributed by atoms with Crippen molar-refractivity contribution in [1.29, 1.82) is 0 Å². The summed E-state index contributed by atoms with van der Waals surface area (Å²) in [6.07, 6.45) is 0. The molecule has 0 N–H and O–H groups in total. The average molecular weight is 743 g/mol. The lowest BCUT2D eigenvalue weighted by Gasteiger charge is -2.20. The van der Waals surface area contributed by atoms with Gasteiger partial charge in [-0.15, -0.1) is 0 Å². The van der Waals surface area contributed by atoms with Crippen LogP contribution in [0.4, 0.5) is 0 Å². The van der Waals surface area contributed by atoms with Gasteiger partial charge in [-0.05, 0) is 82.0 Å². The van der Waals surface area contributed by atoms with Crippen molar-refractivity contribution in [3.05, 3.63) is 144 Å². The SMILES string of the molecule is CC(=N/n1c(-c2ccc(C(C)(C)C)cc2)ccc1-c1ccc(C(C)(C)C)cc1)/C(C)=N\n1c(-c2ccc(C(C)(C)C)cc2)ccc1-c1ccc(C(C)(C)C)cc1. The number of benzene rings is 4. The summed E-state index contributed by atoms with van der Waals surface area (Å²) in [5.74, 6) is 0. The third-order valence-corrected chi connectivity index (χ3v) is 10.9. The molecule has 6 rings (SSSR count). The molecule has 4 heteroatoms. The molecule has 0 fully saturated rings. The van der Waals surface area contributed by atoms with E-state index in [0.717, 1.165) is 56.5 Å². The van der Waals surface area contributed by atoms with Crippen LogP contribution < -0.4 is 0 Å². The number of aromatic nitrogens is 2. The molecule has 0 atom stereocenters. The first kappa shape index (κ1) is 40.4. The fourth-order valence-corrected chi connectivity index (χ4v) is 6.96. The van der Waals surface area contributed by atoms with Gasteiger partial charge in [0.15, 0.2) is 0 Å². The Morgan fingerprint density at radius 1 is 0.304 bits per heavy atom. The van der Waals surface area contributed by atoms with Gasteiger partial charge < -0.3 is 0 Å². The van der Waals surface area contributed by atoms with E-state index in [1.165, 1.54) is 22.3 Å². The minimum Gasteiger partial charge on any atom is -0.232 e. The highest BCUT2D eigenvalue weighted by Crippen LogP contribution is 2.35. The summed E-state index contributed by atoms with van der Waals surface area (Å²) in [6, 6.07) is 44.4. The minimum atomic E-state index is 0.0717. The normalized spacial score (nSPS) is 13.4. The fourth-order valence-electron chi connectivity index (χ4n) is 6.96. The summed E-state index contributed by atoms with van der Waals surface area (Å²) >= 11 is 0. The van der Waals surface area contributed by atoms with E-state index in [1.807, 2.05) is 0 Å². The lowest BCUT2D eigenvalue weighted by atomic mass is 9.86. The lowest BCUT2D eigenvalue weighted by molar-refractivity contribution is 0.590. The third kappa shape index (κ3) is 8.76. The summed E-state index contributed by atoms with van der Waals surface area (Å²) in [4.78, 5) is 0. The zero-order chi connectivity index (χ0) is 40.8. The Labute approximate surface area is 337 Å². The molecule has 0 saturated heterocycles. The predicted molar refractivity (Wildman–Crippen MR) is 242 cm³/mol. The van der Waals surface area contributed by atoms with Crippen LogP contribution >= 0.6 is 0 Å². The van der Waals surface area contributed by atoms with E-state index in [0.29, 0.717) is 0 Å². The van der Waals surface area contributed by atoms with Gasteiger partial charge in [0.25, 0.3) is 0 Å². The fraction of sp³-hybridized carbons (Fsp3) is 0.346. The van der Waals surface area contributed by atoms with Gasteiger partial charge in [0.2, 0.25) is 0 Å². The molecular weight excluding hydrogens is 681 g/mol. The summed E-state index contributed by atoms with van der Waals surface area (Å²) in [7, 11) is 0. The minimum absolute atomic E-state index is 0.0717. The highest BCUT2D eigenvalue weighted by atomic mass is 15.4. The standard InChI is InChI=1S/C52H62N4/c1-35(53-55-45(37-15-23-41(24-16-37)49(3,4)5)31-32-46(55)38-17-25-42(26-18-38)50(6,7)8)36(2)54-56-47(39-19-27-43(28-20-39)51(9,10)11)33-34-48(56)40-21-29-44(30-22-40)52(12,13)14/h15-34H,1-14H3/b53-35-,54-36-.